The van der Waals surface area contributed by atoms with Gasteiger partial charge in [-0.3, -0.25) is 4.79 Å². The number of fused-ring (bicyclic) bond motifs is 4. The predicted molar refractivity (Wildman–Crippen MR) is 147 cm³/mol. The van der Waals surface area contributed by atoms with Crippen LogP contribution >= 0.6 is 0 Å². The van der Waals surface area contributed by atoms with Crippen molar-refractivity contribution < 1.29 is 17.0 Å². The van der Waals surface area contributed by atoms with E-state index in [-0.39, 0.29) is 17.6 Å². The largest absolute Gasteiger partial charge is 0.490 e. The Labute approximate surface area is 218 Å². The van der Waals surface area contributed by atoms with Crippen LogP contribution in [0.25, 0.3) is 44.0 Å². The highest BCUT2D eigenvalue weighted by atomic mass is 32.3. The molecular weight excluding hydrogens is 505 g/mol. The van der Waals surface area contributed by atoms with Crippen molar-refractivity contribution in [1.82, 2.24) is 14.9 Å². The number of pyridine rings is 1. The summed E-state index contributed by atoms with van der Waals surface area (Å²) >= 11 is 0. The van der Waals surface area contributed by atoms with Gasteiger partial charge >= 0.3 is 10.2 Å². The van der Waals surface area contributed by atoms with Crippen LogP contribution in [0.3, 0.4) is 0 Å². The molecule has 1 aliphatic rings. The Bertz CT molecular complexity index is 1980. The quantitative estimate of drug-likeness (QED) is 0.250. The van der Waals surface area contributed by atoms with Gasteiger partial charge < -0.3 is 19.6 Å². The van der Waals surface area contributed by atoms with Gasteiger partial charge in [0.15, 0.2) is 5.43 Å². The standard InChI is InChI=1S/C29H24FN3O4S/c1-4-17-8-9-21-24(10-17)32-29-27(21)28(34)23-13-26(37-16(2)3)22(12-25(23)33(29)19-14-31-15-19)18-6-5-7-20(11-18)38(30,35)36/h1,5-13,16,19,31-32H,14-15H2,2-3H3. The maximum atomic E-state index is 14.0. The molecule has 5 aromatic rings. The second kappa shape index (κ2) is 8.72. The van der Waals surface area contributed by atoms with Crippen molar-refractivity contribution in [1.29, 1.82) is 0 Å². The first-order valence-corrected chi connectivity index (χ1v) is 13.6. The van der Waals surface area contributed by atoms with E-state index in [0.29, 0.717) is 57.5 Å². The molecule has 38 heavy (non-hydrogen) atoms. The van der Waals surface area contributed by atoms with Gasteiger partial charge in [-0.1, -0.05) is 24.1 Å². The van der Waals surface area contributed by atoms with Crippen molar-refractivity contribution in [2.75, 3.05) is 13.1 Å². The molecular formula is C29H24FN3O4S. The highest BCUT2D eigenvalue weighted by Gasteiger charge is 2.27. The molecule has 1 fully saturated rings. The van der Waals surface area contributed by atoms with Crippen LogP contribution in [0, 0.1) is 12.3 Å². The molecule has 1 aliphatic heterocycles. The summed E-state index contributed by atoms with van der Waals surface area (Å²) < 4.78 is 45.3. The minimum Gasteiger partial charge on any atom is -0.490 e. The first kappa shape index (κ1) is 24.2. The molecule has 9 heteroatoms. The van der Waals surface area contributed by atoms with Crippen molar-refractivity contribution in [2.45, 2.75) is 30.9 Å². The number of halogens is 1. The maximum absolute atomic E-state index is 14.0. The fourth-order valence-corrected chi connectivity index (χ4v) is 5.62. The van der Waals surface area contributed by atoms with Crippen molar-refractivity contribution in [3.8, 4) is 29.2 Å². The molecule has 0 atom stereocenters. The van der Waals surface area contributed by atoms with Gasteiger partial charge in [0.25, 0.3) is 0 Å². The lowest BCUT2D eigenvalue weighted by Gasteiger charge is -2.32. The average Bonchev–Trinajstić information content (AvgIpc) is 3.23. The highest BCUT2D eigenvalue weighted by molar-refractivity contribution is 7.86. The number of rotatable bonds is 5. The number of ether oxygens (including phenoxy) is 1. The van der Waals surface area contributed by atoms with Crippen LogP contribution in [0.5, 0.6) is 5.75 Å². The van der Waals surface area contributed by atoms with Gasteiger partial charge in [-0.05, 0) is 55.8 Å². The number of benzene rings is 3. The summed E-state index contributed by atoms with van der Waals surface area (Å²) in [6.07, 6.45) is 5.38. The van der Waals surface area contributed by atoms with Gasteiger partial charge in [0.05, 0.1) is 33.3 Å². The molecule has 0 amide bonds. The summed E-state index contributed by atoms with van der Waals surface area (Å²) in [5.74, 6) is 3.04. The maximum Gasteiger partial charge on any atom is 0.332 e. The number of aromatic nitrogens is 2. The Kier molecular flexibility index (Phi) is 5.56. The summed E-state index contributed by atoms with van der Waals surface area (Å²) in [6.45, 7) is 5.15. The van der Waals surface area contributed by atoms with E-state index in [1.807, 2.05) is 38.1 Å². The fourth-order valence-electron chi connectivity index (χ4n) is 5.12. The highest BCUT2D eigenvalue weighted by Crippen LogP contribution is 2.38. The van der Waals surface area contributed by atoms with Gasteiger partial charge in [-0.25, -0.2) is 0 Å². The number of hydrogen-bond acceptors (Lipinski definition) is 5. The number of nitrogens with one attached hydrogen (secondary N) is 2. The molecule has 0 unspecified atom stereocenters. The van der Waals surface area contributed by atoms with Crippen molar-refractivity contribution in [2.24, 2.45) is 0 Å². The van der Waals surface area contributed by atoms with Gasteiger partial charge in [-0.15, -0.1) is 10.3 Å². The van der Waals surface area contributed by atoms with E-state index in [9.17, 15) is 17.1 Å². The molecule has 3 heterocycles. The van der Waals surface area contributed by atoms with E-state index in [4.69, 9.17) is 11.2 Å². The lowest BCUT2D eigenvalue weighted by molar-refractivity contribution is 0.244. The summed E-state index contributed by atoms with van der Waals surface area (Å²) in [6, 6.07) is 14.8. The molecule has 0 bridgehead atoms. The normalized spacial score (nSPS) is 14.3. The molecule has 3 aromatic carbocycles. The summed E-state index contributed by atoms with van der Waals surface area (Å²) in [7, 11) is -4.91. The molecule has 0 aliphatic carbocycles. The first-order chi connectivity index (χ1) is 18.2. The Morgan fingerprint density at radius 2 is 1.89 bits per heavy atom. The zero-order valence-electron chi connectivity index (χ0n) is 20.7. The lowest BCUT2D eigenvalue weighted by Crippen LogP contribution is -2.44. The average molecular weight is 530 g/mol. The molecule has 0 saturated carbocycles. The second-order valence-electron chi connectivity index (χ2n) is 9.76. The Morgan fingerprint density at radius 3 is 2.55 bits per heavy atom. The molecule has 192 valence electrons. The van der Waals surface area contributed by atoms with Crippen LogP contribution in [-0.2, 0) is 10.2 Å². The summed E-state index contributed by atoms with van der Waals surface area (Å²) in [5, 5.41) is 5.11. The minimum atomic E-state index is -4.91. The van der Waals surface area contributed by atoms with E-state index < -0.39 is 15.1 Å². The predicted octanol–water partition coefficient (Wildman–Crippen LogP) is 4.87. The lowest BCUT2D eigenvalue weighted by atomic mass is 9.99. The number of aromatic amines is 1. The van der Waals surface area contributed by atoms with E-state index >= 15 is 0 Å². The van der Waals surface area contributed by atoms with Crippen molar-refractivity contribution >= 4 is 43.1 Å². The van der Waals surface area contributed by atoms with E-state index in [2.05, 4.69) is 20.8 Å². The SMILES string of the molecule is C#Cc1ccc2c(c1)[nH]c1c2c(=O)c2cc(OC(C)C)c(-c3cccc(S(=O)(=O)F)c3)cc2n1C1CNC1. The Hall–Kier alpha value is -4.13. The van der Waals surface area contributed by atoms with Crippen LogP contribution in [0.4, 0.5) is 3.89 Å². The van der Waals surface area contributed by atoms with Crippen LogP contribution in [0.1, 0.15) is 25.5 Å². The Morgan fingerprint density at radius 1 is 1.11 bits per heavy atom. The number of terminal acetylenes is 1. The molecule has 0 spiro atoms. The topological polar surface area (TPSA) is 93.2 Å². The van der Waals surface area contributed by atoms with Crippen LogP contribution in [0.15, 0.2) is 64.3 Å². The third-order valence-electron chi connectivity index (χ3n) is 6.93. The third-order valence-corrected chi connectivity index (χ3v) is 7.75. The van der Waals surface area contributed by atoms with Crippen LogP contribution in [0.2, 0.25) is 0 Å². The van der Waals surface area contributed by atoms with Crippen molar-refractivity contribution in [3.63, 3.8) is 0 Å². The van der Waals surface area contributed by atoms with Crippen molar-refractivity contribution in [3.05, 3.63) is 70.4 Å². The molecule has 2 N–H and O–H groups in total. The first-order valence-electron chi connectivity index (χ1n) is 12.2. The van der Waals surface area contributed by atoms with E-state index in [1.165, 1.54) is 18.2 Å². The Balaban J connectivity index is 1.74. The monoisotopic (exact) mass is 529 g/mol. The number of nitrogens with zero attached hydrogens (tertiary/aromatic N) is 1. The molecule has 1 saturated heterocycles. The van der Waals surface area contributed by atoms with E-state index in [1.54, 1.807) is 12.1 Å². The van der Waals surface area contributed by atoms with Gasteiger partial charge in [0, 0.05) is 35.1 Å². The summed E-state index contributed by atoms with van der Waals surface area (Å²) in [4.78, 5) is 17.0. The molecule has 7 nitrogen and oxygen atoms in total. The minimum absolute atomic E-state index is 0.0723. The van der Waals surface area contributed by atoms with Crippen LogP contribution < -0.4 is 15.5 Å². The van der Waals surface area contributed by atoms with Crippen LogP contribution in [-0.4, -0.2) is 37.2 Å². The number of hydrogen-bond donors (Lipinski definition) is 2. The zero-order valence-corrected chi connectivity index (χ0v) is 21.5. The molecule has 0 radical (unpaired) electrons. The molecule has 6 rings (SSSR count). The van der Waals surface area contributed by atoms with E-state index in [0.717, 1.165) is 10.9 Å². The summed E-state index contributed by atoms with van der Waals surface area (Å²) in [5.41, 5.74) is 3.68. The van der Waals surface area contributed by atoms with Gasteiger partial charge in [0.2, 0.25) is 0 Å². The number of H-pyrrole nitrogens is 1. The fraction of sp³-hybridized carbons (Fsp3) is 0.207. The smallest absolute Gasteiger partial charge is 0.332 e. The second-order valence-corrected chi connectivity index (χ2v) is 11.1. The van der Waals surface area contributed by atoms with Gasteiger partial charge in [0.1, 0.15) is 11.4 Å². The zero-order chi connectivity index (χ0) is 26.8. The third kappa shape index (κ3) is 3.85. The van der Waals surface area contributed by atoms with Gasteiger partial charge in [-0.2, -0.15) is 8.42 Å². The molecule has 2 aromatic heterocycles.